The second kappa shape index (κ2) is 6.09. The number of carbonyl (C=O) groups is 2. The van der Waals surface area contributed by atoms with Crippen LogP contribution in [0.3, 0.4) is 0 Å². The van der Waals surface area contributed by atoms with Gasteiger partial charge in [0.05, 0.1) is 18.6 Å². The van der Waals surface area contributed by atoms with Crippen molar-refractivity contribution in [3.8, 4) is 17.2 Å². The first kappa shape index (κ1) is 15.4. The van der Waals surface area contributed by atoms with Gasteiger partial charge in [-0.2, -0.15) is 0 Å². The molecule has 0 N–H and O–H groups in total. The number of fused-ring (bicyclic) bond motifs is 1. The van der Waals surface area contributed by atoms with E-state index in [4.69, 9.17) is 14.2 Å². The topological polar surface area (TPSA) is 61.8 Å². The maximum Gasteiger partial charge on any atom is 0.314 e. The average molecular weight is 336 g/mol. The number of carbonyl (C=O) groups excluding carboxylic acids is 2. The fraction of sp³-hybridized carbons (Fsp3) is 0.200. The normalized spacial score (nSPS) is 17.2. The molecule has 0 amide bonds. The lowest BCUT2D eigenvalue weighted by Gasteiger charge is -2.04. The summed E-state index contributed by atoms with van der Waals surface area (Å²) < 4.78 is 16.2. The maximum absolute atomic E-state index is 12.5. The Labute approximate surface area is 144 Å². The van der Waals surface area contributed by atoms with E-state index in [2.05, 4.69) is 0 Å². The summed E-state index contributed by atoms with van der Waals surface area (Å²) in [5, 5.41) is 0. The van der Waals surface area contributed by atoms with Gasteiger partial charge in [-0.25, -0.2) is 0 Å². The predicted molar refractivity (Wildman–Crippen MR) is 90.7 cm³/mol. The molecule has 1 fully saturated rings. The van der Waals surface area contributed by atoms with Crippen molar-refractivity contribution < 1.29 is 23.8 Å². The molecule has 0 aromatic heterocycles. The van der Waals surface area contributed by atoms with Crippen LogP contribution in [0.5, 0.6) is 17.2 Å². The zero-order chi connectivity index (χ0) is 17.4. The van der Waals surface area contributed by atoms with E-state index in [0.717, 1.165) is 18.4 Å². The molecule has 1 aliphatic heterocycles. The van der Waals surface area contributed by atoms with Crippen LogP contribution in [-0.2, 0) is 4.79 Å². The van der Waals surface area contributed by atoms with Gasteiger partial charge in [0, 0.05) is 6.07 Å². The lowest BCUT2D eigenvalue weighted by Crippen LogP contribution is -2.09. The Kier molecular flexibility index (Phi) is 3.76. The summed E-state index contributed by atoms with van der Waals surface area (Å²) in [7, 11) is 1.59. The Bertz CT molecular complexity index is 893. The van der Waals surface area contributed by atoms with E-state index in [1.165, 1.54) is 0 Å². The van der Waals surface area contributed by atoms with Crippen LogP contribution in [0.4, 0.5) is 0 Å². The summed E-state index contributed by atoms with van der Waals surface area (Å²) in [6.45, 7) is 0. The van der Waals surface area contributed by atoms with Crippen molar-refractivity contribution >= 4 is 17.8 Å². The zero-order valence-electron chi connectivity index (χ0n) is 13.7. The van der Waals surface area contributed by atoms with E-state index in [1.54, 1.807) is 31.4 Å². The first-order valence-corrected chi connectivity index (χ1v) is 8.08. The van der Waals surface area contributed by atoms with Crippen LogP contribution in [0, 0.1) is 5.92 Å². The number of esters is 1. The van der Waals surface area contributed by atoms with Crippen molar-refractivity contribution in [2.75, 3.05) is 7.11 Å². The lowest BCUT2D eigenvalue weighted by atomic mass is 10.1. The van der Waals surface area contributed by atoms with Gasteiger partial charge >= 0.3 is 5.97 Å². The summed E-state index contributed by atoms with van der Waals surface area (Å²) in [5.74, 6) is 1.32. The van der Waals surface area contributed by atoms with Crippen LogP contribution in [0.25, 0.3) is 6.08 Å². The molecule has 0 saturated heterocycles. The highest BCUT2D eigenvalue weighted by Gasteiger charge is 2.32. The minimum Gasteiger partial charge on any atom is -0.497 e. The van der Waals surface area contributed by atoms with Gasteiger partial charge in [0.15, 0.2) is 5.76 Å². The molecule has 0 bridgehead atoms. The first-order chi connectivity index (χ1) is 12.1. The van der Waals surface area contributed by atoms with Gasteiger partial charge in [0.25, 0.3) is 0 Å². The van der Waals surface area contributed by atoms with Gasteiger partial charge in [-0.15, -0.1) is 0 Å². The summed E-state index contributed by atoms with van der Waals surface area (Å²) >= 11 is 0. The van der Waals surface area contributed by atoms with Crippen LogP contribution < -0.4 is 14.2 Å². The highest BCUT2D eigenvalue weighted by Crippen LogP contribution is 2.36. The molecule has 5 heteroatoms. The van der Waals surface area contributed by atoms with Gasteiger partial charge < -0.3 is 14.2 Å². The van der Waals surface area contributed by atoms with Crippen LogP contribution >= 0.6 is 0 Å². The number of ether oxygens (including phenoxy) is 3. The SMILES string of the molecule is COc1cccc(/C=C2/Oc3cc(OC(=O)C4CC4)ccc3C2=O)c1. The lowest BCUT2D eigenvalue weighted by molar-refractivity contribution is -0.135. The van der Waals surface area contributed by atoms with E-state index in [1.807, 2.05) is 24.3 Å². The Morgan fingerprint density at radius 2 is 2.00 bits per heavy atom. The van der Waals surface area contributed by atoms with Crippen LogP contribution in [0.2, 0.25) is 0 Å². The molecular formula is C20H16O5. The molecule has 1 saturated carbocycles. The summed E-state index contributed by atoms with van der Waals surface area (Å²) in [6, 6.07) is 12.2. The second-order valence-corrected chi connectivity index (χ2v) is 6.07. The number of ketones is 1. The molecule has 4 rings (SSSR count). The fourth-order valence-corrected chi connectivity index (χ4v) is 2.63. The Balaban J connectivity index is 1.57. The summed E-state index contributed by atoms with van der Waals surface area (Å²) in [6.07, 6.45) is 3.43. The van der Waals surface area contributed by atoms with Crippen LogP contribution in [0.15, 0.2) is 48.2 Å². The number of rotatable bonds is 4. The molecule has 126 valence electrons. The molecule has 5 nitrogen and oxygen atoms in total. The molecule has 0 radical (unpaired) electrons. The number of Topliss-reactive ketones (excluding diaryl/α,β-unsaturated/α-hetero) is 1. The van der Waals surface area contributed by atoms with Gasteiger partial charge in [0.2, 0.25) is 5.78 Å². The van der Waals surface area contributed by atoms with Gasteiger partial charge in [-0.1, -0.05) is 12.1 Å². The Hall–Kier alpha value is -3.08. The molecule has 0 spiro atoms. The standard InChI is InChI=1S/C20H16O5/c1-23-14-4-2-3-12(9-14)10-18-19(21)16-8-7-15(11-17(16)25-18)24-20(22)13-5-6-13/h2-4,7-11,13H,5-6H2,1H3/b18-10+. The minimum atomic E-state index is -0.226. The van der Waals surface area contributed by atoms with E-state index in [0.29, 0.717) is 22.8 Å². The Morgan fingerprint density at radius 1 is 1.16 bits per heavy atom. The van der Waals surface area contributed by atoms with E-state index < -0.39 is 0 Å². The quantitative estimate of drug-likeness (QED) is 0.485. The monoisotopic (exact) mass is 336 g/mol. The number of methoxy groups -OCH3 is 1. The third-order valence-corrected chi connectivity index (χ3v) is 4.16. The number of hydrogen-bond acceptors (Lipinski definition) is 5. The largest absolute Gasteiger partial charge is 0.497 e. The number of benzene rings is 2. The van der Waals surface area contributed by atoms with Crippen molar-refractivity contribution in [1.29, 1.82) is 0 Å². The fourth-order valence-electron chi connectivity index (χ4n) is 2.63. The van der Waals surface area contributed by atoms with Crippen molar-refractivity contribution in [2.24, 2.45) is 5.92 Å². The molecular weight excluding hydrogens is 320 g/mol. The highest BCUT2D eigenvalue weighted by atomic mass is 16.5. The smallest absolute Gasteiger partial charge is 0.314 e. The van der Waals surface area contributed by atoms with Crippen molar-refractivity contribution in [2.45, 2.75) is 12.8 Å². The molecule has 1 aliphatic carbocycles. The molecule has 2 aliphatic rings. The van der Waals surface area contributed by atoms with Gasteiger partial charge in [-0.3, -0.25) is 9.59 Å². The van der Waals surface area contributed by atoms with Gasteiger partial charge in [-0.05, 0) is 48.7 Å². The first-order valence-electron chi connectivity index (χ1n) is 8.08. The van der Waals surface area contributed by atoms with Crippen LogP contribution in [-0.4, -0.2) is 18.9 Å². The number of allylic oxidation sites excluding steroid dienone is 1. The minimum absolute atomic E-state index is 0.0133. The van der Waals surface area contributed by atoms with E-state index >= 15 is 0 Å². The molecule has 25 heavy (non-hydrogen) atoms. The van der Waals surface area contributed by atoms with Gasteiger partial charge in [0.1, 0.15) is 17.2 Å². The van der Waals surface area contributed by atoms with Crippen molar-refractivity contribution in [3.05, 3.63) is 59.4 Å². The zero-order valence-corrected chi connectivity index (χ0v) is 13.7. The number of hydrogen-bond donors (Lipinski definition) is 0. The van der Waals surface area contributed by atoms with E-state index in [9.17, 15) is 9.59 Å². The third kappa shape index (κ3) is 3.13. The highest BCUT2D eigenvalue weighted by molar-refractivity contribution is 6.14. The molecule has 0 atom stereocenters. The van der Waals surface area contributed by atoms with Crippen LogP contribution in [0.1, 0.15) is 28.8 Å². The molecule has 1 heterocycles. The second-order valence-electron chi connectivity index (χ2n) is 6.07. The Morgan fingerprint density at radius 3 is 2.76 bits per heavy atom. The molecule has 2 aromatic rings. The van der Waals surface area contributed by atoms with Crippen molar-refractivity contribution in [3.63, 3.8) is 0 Å². The molecule has 2 aromatic carbocycles. The summed E-state index contributed by atoms with van der Waals surface area (Å²) in [4.78, 5) is 24.2. The summed E-state index contributed by atoms with van der Waals surface area (Å²) in [5.41, 5.74) is 1.26. The average Bonchev–Trinajstić information content (AvgIpc) is 3.42. The van der Waals surface area contributed by atoms with Crippen molar-refractivity contribution in [1.82, 2.24) is 0 Å². The maximum atomic E-state index is 12.5. The predicted octanol–water partition coefficient (Wildman–Crippen LogP) is 3.63. The van der Waals surface area contributed by atoms with E-state index in [-0.39, 0.29) is 23.4 Å². The molecule has 0 unspecified atom stereocenters. The third-order valence-electron chi connectivity index (χ3n) is 4.16.